The molecule has 2 aromatic rings. The Morgan fingerprint density at radius 1 is 1.06 bits per heavy atom. The Morgan fingerprint density at radius 3 is 2.42 bits per heavy atom. The number of likely N-dealkylation sites (tertiary alicyclic amines) is 1. The van der Waals surface area contributed by atoms with Crippen molar-refractivity contribution in [3.63, 3.8) is 0 Å². The van der Waals surface area contributed by atoms with E-state index in [1.54, 1.807) is 4.90 Å². The topological polar surface area (TPSA) is 53.1 Å². The molecule has 6 heteroatoms. The number of morpholine rings is 1. The van der Waals surface area contributed by atoms with Crippen molar-refractivity contribution in [2.45, 2.75) is 44.4 Å². The molecule has 0 aromatic heterocycles. The van der Waals surface area contributed by atoms with Crippen molar-refractivity contribution in [3.05, 3.63) is 71.3 Å². The molecule has 1 spiro atoms. The molecule has 0 radical (unpaired) electrons. The highest BCUT2D eigenvalue weighted by Gasteiger charge is 2.45. The van der Waals surface area contributed by atoms with Gasteiger partial charge in [0, 0.05) is 39.8 Å². The summed E-state index contributed by atoms with van der Waals surface area (Å²) in [6, 6.07) is 18.1. The number of carbonyl (C=O) groups is 2. The monoisotopic (exact) mass is 449 g/mol. The number of ether oxygens (including phenoxy) is 1. The lowest BCUT2D eigenvalue weighted by molar-refractivity contribution is -0.189. The molecular weight excluding hydrogens is 414 g/mol. The molecule has 33 heavy (non-hydrogen) atoms. The summed E-state index contributed by atoms with van der Waals surface area (Å²) in [5.41, 5.74) is 2.97. The number of rotatable bonds is 5. The van der Waals surface area contributed by atoms with Crippen LogP contribution in [0.2, 0.25) is 0 Å². The number of likely N-dealkylation sites (N-methyl/N-ethyl adjacent to an activating group) is 2. The van der Waals surface area contributed by atoms with Crippen LogP contribution in [0.25, 0.3) is 0 Å². The van der Waals surface area contributed by atoms with E-state index in [4.69, 9.17) is 4.74 Å². The van der Waals surface area contributed by atoms with E-state index >= 15 is 0 Å². The standard InChI is InChI=1S/C27H35N3O3/c1-21-9-7-8-12-23(21)17-25(31)30-15-13-27(14-16-30)20-28(2)19-24(33-27)26(32)29(3)18-22-10-5-4-6-11-22/h4-12,24H,13-20H2,1-3H3/t24-/m0/s1. The normalized spacial score (nSPS) is 20.6. The van der Waals surface area contributed by atoms with Crippen molar-refractivity contribution in [1.29, 1.82) is 0 Å². The first kappa shape index (κ1) is 23.5. The highest BCUT2D eigenvalue weighted by Crippen LogP contribution is 2.33. The molecule has 2 amide bonds. The molecule has 0 N–H and O–H groups in total. The second-order valence-electron chi connectivity index (χ2n) is 9.65. The van der Waals surface area contributed by atoms with Crippen molar-refractivity contribution in [2.75, 3.05) is 40.3 Å². The van der Waals surface area contributed by atoms with Gasteiger partial charge >= 0.3 is 0 Å². The molecule has 176 valence electrons. The molecule has 2 aliphatic heterocycles. The van der Waals surface area contributed by atoms with Gasteiger partial charge in [-0.15, -0.1) is 0 Å². The summed E-state index contributed by atoms with van der Waals surface area (Å²) in [5, 5.41) is 0. The Kier molecular flexibility index (Phi) is 7.15. The molecule has 2 saturated heterocycles. The third-order valence-corrected chi connectivity index (χ3v) is 6.97. The van der Waals surface area contributed by atoms with E-state index in [2.05, 4.69) is 11.9 Å². The fourth-order valence-electron chi connectivity index (χ4n) is 5.05. The van der Waals surface area contributed by atoms with Crippen LogP contribution in [0.4, 0.5) is 0 Å². The highest BCUT2D eigenvalue weighted by molar-refractivity contribution is 5.81. The number of hydrogen-bond acceptors (Lipinski definition) is 4. The Hall–Kier alpha value is -2.70. The van der Waals surface area contributed by atoms with Crippen LogP contribution in [-0.2, 0) is 27.3 Å². The van der Waals surface area contributed by atoms with Gasteiger partial charge in [-0.1, -0.05) is 54.6 Å². The molecule has 6 nitrogen and oxygen atoms in total. The van der Waals surface area contributed by atoms with Crippen molar-refractivity contribution >= 4 is 11.8 Å². The summed E-state index contributed by atoms with van der Waals surface area (Å²) in [6.07, 6.45) is 1.46. The molecule has 2 aromatic carbocycles. The molecule has 0 unspecified atom stereocenters. The van der Waals surface area contributed by atoms with Gasteiger partial charge in [0.2, 0.25) is 5.91 Å². The Bertz CT molecular complexity index is 970. The van der Waals surface area contributed by atoms with E-state index < -0.39 is 6.10 Å². The maximum atomic E-state index is 13.2. The Labute approximate surface area is 197 Å². The number of aryl methyl sites for hydroxylation is 1. The molecule has 0 bridgehead atoms. The van der Waals surface area contributed by atoms with Crippen molar-refractivity contribution < 1.29 is 14.3 Å². The first-order valence-corrected chi connectivity index (χ1v) is 11.8. The molecule has 0 aliphatic carbocycles. The minimum absolute atomic E-state index is 0.0165. The van der Waals surface area contributed by atoms with Crippen LogP contribution in [-0.4, -0.2) is 78.5 Å². The van der Waals surface area contributed by atoms with Gasteiger partial charge < -0.3 is 19.4 Å². The molecule has 1 atom stereocenters. The number of nitrogens with zero attached hydrogens (tertiary/aromatic N) is 3. The van der Waals surface area contributed by atoms with Crippen molar-refractivity contribution in [2.24, 2.45) is 0 Å². The SMILES string of the molecule is Cc1ccccc1CC(=O)N1CCC2(CC1)CN(C)C[C@@H](C(=O)N(C)Cc1ccccc1)O2. The third kappa shape index (κ3) is 5.63. The zero-order valence-corrected chi connectivity index (χ0v) is 20.0. The maximum absolute atomic E-state index is 13.2. The predicted molar refractivity (Wildman–Crippen MR) is 129 cm³/mol. The van der Waals surface area contributed by atoms with Crippen LogP contribution >= 0.6 is 0 Å². The number of amides is 2. The molecule has 4 rings (SSSR count). The van der Waals surface area contributed by atoms with Gasteiger partial charge in [-0.05, 0) is 43.5 Å². The third-order valence-electron chi connectivity index (χ3n) is 6.97. The summed E-state index contributed by atoms with van der Waals surface area (Å²) in [6.45, 7) is 5.33. The molecule has 0 saturated carbocycles. The van der Waals surface area contributed by atoms with E-state index in [0.717, 1.165) is 36.1 Å². The fraction of sp³-hybridized carbons (Fsp3) is 0.481. The maximum Gasteiger partial charge on any atom is 0.253 e. The summed E-state index contributed by atoms with van der Waals surface area (Å²) in [5.74, 6) is 0.182. The predicted octanol–water partition coefficient (Wildman–Crippen LogP) is 2.89. The Morgan fingerprint density at radius 2 is 1.73 bits per heavy atom. The highest BCUT2D eigenvalue weighted by atomic mass is 16.5. The molecule has 2 fully saturated rings. The second kappa shape index (κ2) is 10.1. The summed E-state index contributed by atoms with van der Waals surface area (Å²) < 4.78 is 6.50. The van der Waals surface area contributed by atoms with E-state index in [1.807, 2.05) is 73.5 Å². The van der Waals surface area contributed by atoms with Crippen LogP contribution in [0.1, 0.15) is 29.5 Å². The lowest BCUT2D eigenvalue weighted by Gasteiger charge is -2.49. The van der Waals surface area contributed by atoms with E-state index in [1.165, 1.54) is 0 Å². The lowest BCUT2D eigenvalue weighted by atomic mass is 9.88. The zero-order chi connectivity index (χ0) is 23.4. The quantitative estimate of drug-likeness (QED) is 0.705. The van der Waals surface area contributed by atoms with Crippen LogP contribution in [0.3, 0.4) is 0 Å². The minimum atomic E-state index is -0.480. The van der Waals surface area contributed by atoms with E-state index in [-0.39, 0.29) is 17.4 Å². The Balaban J connectivity index is 1.35. The molecular formula is C27H35N3O3. The minimum Gasteiger partial charge on any atom is -0.359 e. The van der Waals surface area contributed by atoms with E-state index in [0.29, 0.717) is 32.6 Å². The summed E-state index contributed by atoms with van der Waals surface area (Å²) in [7, 11) is 3.89. The van der Waals surface area contributed by atoms with Crippen LogP contribution in [0.15, 0.2) is 54.6 Å². The zero-order valence-electron chi connectivity index (χ0n) is 20.0. The number of hydrogen-bond donors (Lipinski definition) is 0. The average Bonchev–Trinajstić information content (AvgIpc) is 2.80. The molecule has 2 heterocycles. The largest absolute Gasteiger partial charge is 0.359 e. The second-order valence-corrected chi connectivity index (χ2v) is 9.65. The van der Waals surface area contributed by atoms with Gasteiger partial charge in [0.05, 0.1) is 12.0 Å². The van der Waals surface area contributed by atoms with Gasteiger partial charge in [-0.25, -0.2) is 0 Å². The van der Waals surface area contributed by atoms with Crippen LogP contribution < -0.4 is 0 Å². The van der Waals surface area contributed by atoms with Crippen LogP contribution in [0.5, 0.6) is 0 Å². The molecule has 2 aliphatic rings. The number of benzene rings is 2. The first-order chi connectivity index (χ1) is 15.8. The summed E-state index contributed by atoms with van der Waals surface area (Å²) in [4.78, 5) is 32.0. The van der Waals surface area contributed by atoms with E-state index in [9.17, 15) is 9.59 Å². The van der Waals surface area contributed by atoms with Gasteiger partial charge in [-0.3, -0.25) is 9.59 Å². The average molecular weight is 450 g/mol. The number of piperidine rings is 1. The van der Waals surface area contributed by atoms with Crippen molar-refractivity contribution in [3.8, 4) is 0 Å². The fourth-order valence-corrected chi connectivity index (χ4v) is 5.05. The lowest BCUT2D eigenvalue weighted by Crippen LogP contribution is -2.62. The van der Waals surface area contributed by atoms with Gasteiger partial charge in [-0.2, -0.15) is 0 Å². The van der Waals surface area contributed by atoms with Gasteiger partial charge in [0.1, 0.15) is 6.10 Å². The van der Waals surface area contributed by atoms with Gasteiger partial charge in [0.25, 0.3) is 5.91 Å². The number of carbonyl (C=O) groups excluding carboxylic acids is 2. The van der Waals surface area contributed by atoms with Crippen LogP contribution in [0, 0.1) is 6.92 Å². The van der Waals surface area contributed by atoms with Gasteiger partial charge in [0.15, 0.2) is 0 Å². The van der Waals surface area contributed by atoms with Crippen molar-refractivity contribution in [1.82, 2.24) is 14.7 Å². The smallest absolute Gasteiger partial charge is 0.253 e. The first-order valence-electron chi connectivity index (χ1n) is 11.8. The summed E-state index contributed by atoms with van der Waals surface area (Å²) >= 11 is 0.